The molecular weight excluding hydrogens is 632 g/mol. The van der Waals surface area contributed by atoms with E-state index in [4.69, 9.17) is 4.74 Å². The molecule has 0 radical (unpaired) electrons. The highest BCUT2D eigenvalue weighted by Gasteiger charge is 2.54. The Morgan fingerprint density at radius 3 is 2.18 bits per heavy atom. The van der Waals surface area contributed by atoms with Crippen molar-refractivity contribution in [2.24, 2.45) is 0 Å². The van der Waals surface area contributed by atoms with Crippen LogP contribution < -0.4 is 47.8 Å². The van der Waals surface area contributed by atoms with E-state index in [1.54, 1.807) is 54.6 Å². The third kappa shape index (κ3) is 4.10. The number of nitrogens with one attached hydrogen (secondary N) is 2. The number of rotatable bonds is 6. The fraction of sp³-hybridized carbons (Fsp3) is 0.135. The number of benzene rings is 2. The van der Waals surface area contributed by atoms with Gasteiger partial charge < -0.3 is 30.4 Å². The van der Waals surface area contributed by atoms with Gasteiger partial charge in [0.2, 0.25) is 22.7 Å². The van der Waals surface area contributed by atoms with Crippen molar-refractivity contribution in [3.63, 3.8) is 0 Å². The summed E-state index contributed by atoms with van der Waals surface area (Å²) >= 11 is 0. The zero-order valence-corrected chi connectivity index (χ0v) is 26.0. The first-order valence-corrected chi connectivity index (χ1v) is 15.1. The molecule has 0 saturated carbocycles. The summed E-state index contributed by atoms with van der Waals surface area (Å²) in [5.41, 5.74) is -4.88. The van der Waals surface area contributed by atoms with Crippen molar-refractivity contribution in [1.82, 2.24) is 4.98 Å². The Labute approximate surface area is 273 Å². The molecule has 0 unspecified atom stereocenters. The number of allylic oxidation sites excluding steroid dienone is 3. The van der Waals surface area contributed by atoms with Gasteiger partial charge in [-0.3, -0.25) is 28.8 Å². The summed E-state index contributed by atoms with van der Waals surface area (Å²) in [6.07, 6.45) is 7.39. The first-order valence-electron chi connectivity index (χ1n) is 15.1. The average molecular weight is 659 g/mol. The number of H-pyrrole nitrogens is 1. The van der Waals surface area contributed by atoms with E-state index in [-0.39, 0.29) is 23.8 Å². The zero-order chi connectivity index (χ0) is 34.9. The van der Waals surface area contributed by atoms with Gasteiger partial charge in [0.15, 0.2) is 11.2 Å². The molecule has 0 saturated heterocycles. The Balaban J connectivity index is 1.65. The van der Waals surface area contributed by atoms with Gasteiger partial charge in [-0.15, -0.1) is 0 Å². The second-order valence-corrected chi connectivity index (χ2v) is 11.8. The van der Waals surface area contributed by atoms with Crippen LogP contribution in [0.15, 0.2) is 78.6 Å². The highest BCUT2D eigenvalue weighted by atomic mass is 16.5. The van der Waals surface area contributed by atoms with Crippen molar-refractivity contribution in [2.75, 3.05) is 12.4 Å². The lowest BCUT2D eigenvalue weighted by Crippen LogP contribution is -2.51. The summed E-state index contributed by atoms with van der Waals surface area (Å²) in [4.78, 5) is 81.3. The molecular formula is C37H26N2O10. The Morgan fingerprint density at radius 2 is 1.55 bits per heavy atom. The number of aromatic amines is 1. The van der Waals surface area contributed by atoms with Gasteiger partial charge in [0.05, 0.1) is 33.4 Å². The van der Waals surface area contributed by atoms with Crippen molar-refractivity contribution in [1.29, 1.82) is 0 Å². The van der Waals surface area contributed by atoms with Crippen molar-refractivity contribution in [3.05, 3.63) is 144 Å². The number of aromatic hydroxyl groups is 1. The number of phenolic OH excluding ortho intramolecular Hbond substituents is 1. The van der Waals surface area contributed by atoms with Crippen molar-refractivity contribution in [2.45, 2.75) is 25.2 Å². The largest absolute Gasteiger partial charge is 0.510 e. The second-order valence-electron chi connectivity index (χ2n) is 11.8. The van der Waals surface area contributed by atoms with Crippen LogP contribution in [0.1, 0.15) is 30.2 Å². The number of pyridine rings is 1. The van der Waals surface area contributed by atoms with E-state index in [0.29, 0.717) is 39.9 Å². The number of ether oxygens (including phenoxy) is 1. The van der Waals surface area contributed by atoms with Gasteiger partial charge in [-0.2, -0.15) is 0 Å². The van der Waals surface area contributed by atoms with Gasteiger partial charge in [-0.25, -0.2) is 0 Å². The predicted octanol–water partition coefficient (Wildman–Crippen LogP) is 1.34. The van der Waals surface area contributed by atoms with E-state index in [1.807, 2.05) is 6.92 Å². The maximum atomic E-state index is 13.9. The number of carbonyl (C=O) groups excluding carboxylic acids is 1. The first-order chi connectivity index (χ1) is 23.5. The number of hydrogen-bond donors (Lipinski definition) is 5. The number of anilines is 1. The minimum absolute atomic E-state index is 0.0799. The minimum atomic E-state index is -2.08. The first kappa shape index (κ1) is 31.1. The quantitative estimate of drug-likeness (QED) is 0.131. The molecule has 7 rings (SSSR count). The highest BCUT2D eigenvalue weighted by Crippen LogP contribution is 2.57. The predicted molar refractivity (Wildman–Crippen MR) is 182 cm³/mol. The summed E-state index contributed by atoms with van der Waals surface area (Å²) < 4.78 is 4.94. The smallest absolute Gasteiger partial charge is 0.260 e. The molecule has 1 spiro atoms. The molecule has 4 aliphatic rings. The Morgan fingerprint density at radius 1 is 0.878 bits per heavy atom. The number of methoxy groups -OCH3 is 1. The van der Waals surface area contributed by atoms with Gasteiger partial charge in [0.25, 0.3) is 5.56 Å². The monoisotopic (exact) mass is 658 g/mol. The topological polar surface area (TPSA) is 200 Å². The van der Waals surface area contributed by atoms with Crippen LogP contribution in [0.5, 0.6) is 11.5 Å². The maximum absolute atomic E-state index is 13.9. The molecule has 49 heavy (non-hydrogen) atoms. The fourth-order valence-corrected chi connectivity index (χ4v) is 7.36. The maximum Gasteiger partial charge on any atom is 0.260 e. The Bertz CT molecular complexity index is 2840. The highest BCUT2D eigenvalue weighted by molar-refractivity contribution is 6.05. The van der Waals surface area contributed by atoms with E-state index in [0.717, 1.165) is 13.2 Å². The number of aliphatic hydroxyl groups is 2. The molecule has 12 nitrogen and oxygen atoms in total. The number of hydrogen-bond acceptors (Lipinski definition) is 10. The molecule has 1 heterocycles. The van der Waals surface area contributed by atoms with Crippen LogP contribution in [0.4, 0.5) is 5.69 Å². The summed E-state index contributed by atoms with van der Waals surface area (Å²) in [7, 11) is 1.12. The van der Waals surface area contributed by atoms with Crippen LogP contribution in [-0.4, -0.2) is 33.8 Å². The SMILES string of the molecule is C/C=C/C=C/c1cc2c(-c3ccc(NC=O)cc3)c3c(c(O)c2c(=O)[nH]1)[C@@]1(CC3)C(O)=c2c(=O)c3c(=O)cc(OC)c(=O)c=3c(=O)c2=C1O. The molecule has 4 aliphatic carbocycles. The van der Waals surface area contributed by atoms with Gasteiger partial charge in [-0.05, 0) is 60.7 Å². The van der Waals surface area contributed by atoms with Crippen molar-refractivity contribution < 1.29 is 24.9 Å². The molecule has 12 heteroatoms. The molecule has 0 fully saturated rings. The molecule has 5 N–H and O–H groups in total. The van der Waals surface area contributed by atoms with Crippen LogP contribution in [0.2, 0.25) is 0 Å². The van der Waals surface area contributed by atoms with E-state index >= 15 is 0 Å². The Kier molecular flexibility index (Phi) is 6.98. The number of fused-ring (bicyclic) bond motifs is 4. The summed E-state index contributed by atoms with van der Waals surface area (Å²) in [6, 6.07) is 9.09. The summed E-state index contributed by atoms with van der Waals surface area (Å²) in [5.74, 6) is -2.66. The third-order valence-electron chi connectivity index (χ3n) is 9.43. The van der Waals surface area contributed by atoms with Crippen LogP contribution in [-0.2, 0) is 16.6 Å². The van der Waals surface area contributed by atoms with Crippen molar-refractivity contribution in [3.8, 4) is 22.6 Å². The molecule has 0 bridgehead atoms. The van der Waals surface area contributed by atoms with Gasteiger partial charge >= 0.3 is 0 Å². The Hall–Kier alpha value is -6.56. The number of amides is 1. The van der Waals surface area contributed by atoms with Gasteiger partial charge in [0.1, 0.15) is 22.7 Å². The van der Waals surface area contributed by atoms with Crippen LogP contribution in [0.25, 0.3) is 39.5 Å². The zero-order valence-electron chi connectivity index (χ0n) is 26.0. The lowest BCUT2D eigenvalue weighted by Gasteiger charge is -2.28. The van der Waals surface area contributed by atoms with E-state index in [2.05, 4.69) is 10.3 Å². The number of phenols is 1. The average Bonchev–Trinajstić information content (AvgIpc) is 3.58. The number of aromatic nitrogens is 1. The minimum Gasteiger partial charge on any atom is -0.510 e. The lowest BCUT2D eigenvalue weighted by molar-refractivity contribution is -0.105. The van der Waals surface area contributed by atoms with E-state index in [9.17, 15) is 44.1 Å². The number of aliphatic hydroxyl groups excluding tert-OH is 2. The molecule has 1 aromatic heterocycles. The van der Waals surface area contributed by atoms with E-state index in [1.165, 1.54) is 0 Å². The molecule has 3 aromatic rings. The van der Waals surface area contributed by atoms with E-state index < -0.39 is 76.6 Å². The number of carbonyl (C=O) groups is 1. The van der Waals surface area contributed by atoms with Crippen LogP contribution in [0, 0.1) is 10.4 Å². The van der Waals surface area contributed by atoms with Gasteiger partial charge in [0, 0.05) is 28.4 Å². The third-order valence-corrected chi connectivity index (χ3v) is 9.43. The summed E-state index contributed by atoms with van der Waals surface area (Å²) in [5, 5.41) is 35.6. The summed E-state index contributed by atoms with van der Waals surface area (Å²) in [6.45, 7) is 1.83. The van der Waals surface area contributed by atoms with Gasteiger partial charge in [-0.1, -0.05) is 30.4 Å². The van der Waals surface area contributed by atoms with Crippen LogP contribution >= 0.6 is 0 Å². The molecule has 2 aromatic carbocycles. The van der Waals surface area contributed by atoms with Crippen LogP contribution in [0.3, 0.4) is 0 Å². The molecule has 1 amide bonds. The van der Waals surface area contributed by atoms with Crippen molar-refractivity contribution >= 4 is 40.5 Å². The molecule has 1 atom stereocenters. The second kappa shape index (κ2) is 11.0. The molecule has 0 aliphatic heterocycles. The normalized spacial score (nSPS) is 16.8. The molecule has 244 valence electrons. The lowest BCUT2D eigenvalue weighted by atomic mass is 9.77. The standard InChI is InChI=1S/C37H26N2O10/c1-3-4-5-6-18-13-20-23(16-7-9-17(10-8-16)38-15-40)19-11-12-37(29(19)33(45)24(20)36(48)39-18)34(46)27-28(35(37)47)32(44)26-25(31(27)43)21(41)14-22(49-2)30(26)42/h3-10,13-15,45-47H,11-12H2,1-2H3,(H,38,40)(H,39,48)/b4-3+,6-5+/t37-/m0/s1. The fourth-order valence-electron chi connectivity index (χ4n) is 7.36.